The summed E-state index contributed by atoms with van der Waals surface area (Å²) >= 11 is 0. The van der Waals surface area contributed by atoms with Crippen LogP contribution in [0.4, 0.5) is 13.2 Å². The number of hydrogen-bond donors (Lipinski definition) is 1. The summed E-state index contributed by atoms with van der Waals surface area (Å²) in [5.41, 5.74) is 0. The van der Waals surface area contributed by atoms with Crippen molar-refractivity contribution in [3.63, 3.8) is 0 Å². The summed E-state index contributed by atoms with van der Waals surface area (Å²) in [6.45, 7) is 2.72. The molecule has 0 unspecified atom stereocenters. The van der Waals surface area contributed by atoms with Crippen LogP contribution in [0, 0.1) is 0 Å². The van der Waals surface area contributed by atoms with E-state index in [1.165, 1.54) is 0 Å². The van der Waals surface area contributed by atoms with Crippen molar-refractivity contribution >= 4 is 0 Å². The van der Waals surface area contributed by atoms with Gasteiger partial charge in [-0.15, -0.1) is 0 Å². The fourth-order valence-electron chi connectivity index (χ4n) is 0.250. The molecule has 0 saturated carbocycles. The van der Waals surface area contributed by atoms with Crippen LogP contribution in [0.2, 0.25) is 0 Å². The molecule has 0 bridgehead atoms. The molecule has 0 fully saturated rings. The summed E-state index contributed by atoms with van der Waals surface area (Å²) in [6.07, 6.45) is 0. The van der Waals surface area contributed by atoms with Gasteiger partial charge in [-0.1, -0.05) is 13.8 Å². The largest absolute Gasteiger partial charge is 0.379 e. The van der Waals surface area contributed by atoms with Crippen molar-refractivity contribution in [2.45, 2.75) is 20.5 Å². The second kappa shape index (κ2) is 10.7. The number of alkyl halides is 3. The van der Waals surface area contributed by atoms with E-state index in [2.05, 4.69) is 19.2 Å². The summed E-state index contributed by atoms with van der Waals surface area (Å²) < 4.78 is 29.0. The molecule has 58 valence electrons. The van der Waals surface area contributed by atoms with Crippen LogP contribution in [0.3, 0.4) is 0 Å². The number of hydrogen-bond acceptors (Lipinski definition) is 1. The maximum absolute atomic E-state index is 9.67. The molecule has 0 atom stereocenters. The number of halogens is 3. The van der Waals surface area contributed by atoms with Gasteiger partial charge >= 0.3 is 6.68 Å². The molecule has 9 heavy (non-hydrogen) atoms. The molecule has 1 N–H and O–H groups in total. The van der Waals surface area contributed by atoms with E-state index in [1.54, 1.807) is 0 Å². The van der Waals surface area contributed by atoms with Gasteiger partial charge in [0.05, 0.1) is 0 Å². The zero-order valence-corrected chi connectivity index (χ0v) is 5.63. The van der Waals surface area contributed by atoms with Crippen molar-refractivity contribution in [1.29, 1.82) is 0 Å². The highest BCUT2D eigenvalue weighted by atomic mass is 19.4. The van der Waals surface area contributed by atoms with Gasteiger partial charge in [0, 0.05) is 0 Å². The molecule has 0 aromatic rings. The summed E-state index contributed by atoms with van der Waals surface area (Å²) in [5.74, 6) is 0. The lowest BCUT2D eigenvalue weighted by Gasteiger charge is -1.86. The van der Waals surface area contributed by atoms with Crippen LogP contribution in [0.15, 0.2) is 0 Å². The van der Waals surface area contributed by atoms with Gasteiger partial charge in [0.1, 0.15) is 0 Å². The summed E-state index contributed by atoms with van der Waals surface area (Å²) in [4.78, 5) is 0. The second-order valence-corrected chi connectivity index (χ2v) is 1.20. The number of nitrogens with one attached hydrogen (secondary N) is 1. The first-order chi connectivity index (χ1) is 4.15. The fraction of sp³-hybridized carbons (Fsp3) is 1.00. The SMILES string of the molecule is CCNCC.FC(F)F. The van der Waals surface area contributed by atoms with Gasteiger partial charge < -0.3 is 5.32 Å². The summed E-state index contributed by atoms with van der Waals surface area (Å²) in [7, 11) is 0. The molecule has 0 aliphatic rings. The van der Waals surface area contributed by atoms with Crippen LogP contribution >= 0.6 is 0 Å². The molecule has 0 heterocycles. The van der Waals surface area contributed by atoms with Gasteiger partial charge in [0.15, 0.2) is 0 Å². The van der Waals surface area contributed by atoms with E-state index >= 15 is 0 Å². The number of rotatable bonds is 2. The first kappa shape index (κ1) is 11.5. The first-order valence-electron chi connectivity index (χ1n) is 2.78. The Kier molecular flexibility index (Phi) is 13.7. The highest BCUT2D eigenvalue weighted by Crippen LogP contribution is 1.87. The molecule has 0 spiro atoms. The second-order valence-electron chi connectivity index (χ2n) is 1.20. The van der Waals surface area contributed by atoms with Gasteiger partial charge in [0.25, 0.3) is 0 Å². The maximum atomic E-state index is 9.67. The molecule has 0 aliphatic carbocycles. The Morgan fingerprint density at radius 1 is 1.11 bits per heavy atom. The van der Waals surface area contributed by atoms with E-state index < -0.39 is 6.68 Å². The average Bonchev–Trinajstić information content (AvgIpc) is 1.66. The van der Waals surface area contributed by atoms with Crippen molar-refractivity contribution in [3.8, 4) is 0 Å². The van der Waals surface area contributed by atoms with Crippen molar-refractivity contribution in [3.05, 3.63) is 0 Å². The standard InChI is InChI=1S/C4H11N.CHF3/c1-3-5-4-2;2-1(3)4/h5H,3-4H2,1-2H3;1H. The first-order valence-corrected chi connectivity index (χ1v) is 2.78. The van der Waals surface area contributed by atoms with E-state index in [-0.39, 0.29) is 0 Å². The lowest BCUT2D eigenvalue weighted by molar-refractivity contribution is 0.00819. The molecule has 1 nitrogen and oxygen atoms in total. The van der Waals surface area contributed by atoms with Gasteiger partial charge in [-0.25, -0.2) is 0 Å². The topological polar surface area (TPSA) is 12.0 Å². The van der Waals surface area contributed by atoms with E-state index in [9.17, 15) is 13.2 Å². The quantitative estimate of drug-likeness (QED) is 0.621. The Morgan fingerprint density at radius 2 is 1.33 bits per heavy atom. The van der Waals surface area contributed by atoms with Crippen LogP contribution in [0.5, 0.6) is 0 Å². The lowest BCUT2D eigenvalue weighted by Crippen LogP contribution is -2.09. The van der Waals surface area contributed by atoms with Crippen LogP contribution in [0.1, 0.15) is 13.8 Å². The fourth-order valence-corrected chi connectivity index (χ4v) is 0.250. The highest BCUT2D eigenvalue weighted by molar-refractivity contribution is 4.27. The third kappa shape index (κ3) is 83.7. The molecule has 0 aliphatic heterocycles. The minimum Gasteiger partial charge on any atom is -0.317 e. The van der Waals surface area contributed by atoms with Crippen LogP contribution in [-0.4, -0.2) is 19.8 Å². The predicted octanol–water partition coefficient (Wildman–Crippen LogP) is 1.79. The van der Waals surface area contributed by atoms with Gasteiger partial charge in [0.2, 0.25) is 0 Å². The molecular formula is C5H12F3N. The zero-order chi connectivity index (χ0) is 7.70. The van der Waals surface area contributed by atoms with E-state index in [0.29, 0.717) is 0 Å². The highest BCUT2D eigenvalue weighted by Gasteiger charge is 1.86. The molecule has 4 heteroatoms. The predicted molar refractivity (Wildman–Crippen MR) is 31.3 cm³/mol. The molecule has 0 rings (SSSR count). The minimum absolute atomic E-state index is 1.09. The van der Waals surface area contributed by atoms with Gasteiger partial charge in [-0.3, -0.25) is 0 Å². The van der Waals surface area contributed by atoms with Crippen molar-refractivity contribution in [1.82, 2.24) is 5.32 Å². The maximum Gasteiger partial charge on any atom is 0.379 e. The van der Waals surface area contributed by atoms with E-state index in [1.807, 2.05) is 0 Å². The van der Waals surface area contributed by atoms with Gasteiger partial charge in [-0.05, 0) is 13.1 Å². The van der Waals surface area contributed by atoms with Crippen LogP contribution in [0.25, 0.3) is 0 Å². The van der Waals surface area contributed by atoms with E-state index in [0.717, 1.165) is 13.1 Å². The van der Waals surface area contributed by atoms with Crippen LogP contribution < -0.4 is 5.32 Å². The average molecular weight is 143 g/mol. The molecule has 0 radical (unpaired) electrons. The smallest absolute Gasteiger partial charge is 0.317 e. The normalized spacial score (nSPS) is 8.67. The Morgan fingerprint density at radius 3 is 1.33 bits per heavy atom. The third-order valence-corrected chi connectivity index (χ3v) is 0.500. The van der Waals surface area contributed by atoms with Crippen molar-refractivity contribution in [2.24, 2.45) is 0 Å². The molecule has 0 aromatic carbocycles. The third-order valence-electron chi connectivity index (χ3n) is 0.500. The Hall–Kier alpha value is -0.250. The minimum atomic E-state index is -3.67. The Labute approximate surface area is 53.3 Å². The molecule has 0 aromatic heterocycles. The van der Waals surface area contributed by atoms with E-state index in [4.69, 9.17) is 0 Å². The summed E-state index contributed by atoms with van der Waals surface area (Å²) in [6, 6.07) is 0. The zero-order valence-electron chi connectivity index (χ0n) is 5.63. The van der Waals surface area contributed by atoms with Crippen LogP contribution in [-0.2, 0) is 0 Å². The Bertz CT molecular complexity index is 36.4. The monoisotopic (exact) mass is 143 g/mol. The van der Waals surface area contributed by atoms with Crippen molar-refractivity contribution in [2.75, 3.05) is 13.1 Å². The molecule has 0 amide bonds. The van der Waals surface area contributed by atoms with Gasteiger partial charge in [-0.2, -0.15) is 13.2 Å². The Balaban J connectivity index is 0. The lowest BCUT2D eigenvalue weighted by atomic mass is 10.7. The van der Waals surface area contributed by atoms with Crippen molar-refractivity contribution < 1.29 is 13.2 Å². The molecule has 0 saturated heterocycles. The molecular weight excluding hydrogens is 131 g/mol. The summed E-state index contributed by atoms with van der Waals surface area (Å²) in [5, 5.41) is 3.11.